The van der Waals surface area contributed by atoms with Gasteiger partial charge < -0.3 is 4.90 Å². The molecule has 0 bridgehead atoms. The van der Waals surface area contributed by atoms with Crippen molar-refractivity contribution in [1.82, 2.24) is 4.72 Å². The van der Waals surface area contributed by atoms with Crippen molar-refractivity contribution < 1.29 is 13.3 Å². The lowest BCUT2D eigenvalue weighted by molar-refractivity contribution is -0.961. The average molecular weight is 360 g/mol. The quantitative estimate of drug-likeness (QED) is 0.828. The minimum absolute atomic E-state index is 0.274. The zero-order valence-electron chi connectivity index (χ0n) is 14.7. The highest BCUT2D eigenvalue weighted by molar-refractivity contribution is 7.89. The van der Waals surface area contributed by atoms with Gasteiger partial charge in [0.15, 0.2) is 0 Å². The second-order valence-electron chi connectivity index (χ2n) is 7.00. The molecule has 2 N–H and O–H groups in total. The number of quaternary nitrogens is 1. The number of benzene rings is 2. The van der Waals surface area contributed by atoms with E-state index in [1.54, 1.807) is 24.3 Å². The lowest BCUT2D eigenvalue weighted by Crippen LogP contribution is -3.20. The monoisotopic (exact) mass is 359 g/mol. The summed E-state index contributed by atoms with van der Waals surface area (Å²) in [7, 11) is -3.50. The van der Waals surface area contributed by atoms with Gasteiger partial charge in [-0.2, -0.15) is 0 Å². The van der Waals surface area contributed by atoms with Gasteiger partial charge in [-0.15, -0.1) is 0 Å². The minimum Gasteiger partial charge on any atom is -0.325 e. The number of likely N-dealkylation sites (tertiary alicyclic amines) is 1. The van der Waals surface area contributed by atoms with Crippen molar-refractivity contribution in [3.63, 3.8) is 0 Å². The normalized spacial score (nSPS) is 18.6. The molecule has 2 aromatic rings. The molecule has 0 spiro atoms. The molecule has 0 aromatic heterocycles. The van der Waals surface area contributed by atoms with Crippen LogP contribution in [0.1, 0.15) is 31.7 Å². The van der Waals surface area contributed by atoms with Crippen LogP contribution in [-0.4, -0.2) is 28.1 Å². The maximum absolute atomic E-state index is 12.7. The highest BCUT2D eigenvalue weighted by Crippen LogP contribution is 2.19. The van der Waals surface area contributed by atoms with Crippen LogP contribution in [0.3, 0.4) is 0 Å². The van der Waals surface area contributed by atoms with Crippen LogP contribution < -0.4 is 9.62 Å². The highest BCUT2D eigenvalue weighted by Gasteiger charge is 2.39. The summed E-state index contributed by atoms with van der Waals surface area (Å²) in [6, 6.07) is 18.9. The van der Waals surface area contributed by atoms with Crippen molar-refractivity contribution in [1.29, 1.82) is 0 Å². The summed E-state index contributed by atoms with van der Waals surface area (Å²) in [5, 5.41) is 0. The van der Waals surface area contributed by atoms with Crippen molar-refractivity contribution in [2.45, 2.75) is 36.6 Å². The molecule has 25 heavy (non-hydrogen) atoms. The molecule has 4 nitrogen and oxygen atoms in total. The number of hydrogen-bond donors (Lipinski definition) is 2. The fraction of sp³-hybridized carbons (Fsp3) is 0.400. The third kappa shape index (κ3) is 4.11. The summed E-state index contributed by atoms with van der Waals surface area (Å²) in [5.41, 5.74) is 0.909. The summed E-state index contributed by atoms with van der Waals surface area (Å²) < 4.78 is 28.2. The maximum atomic E-state index is 12.7. The van der Waals surface area contributed by atoms with Gasteiger partial charge in [0.05, 0.1) is 24.5 Å². The Kier molecular flexibility index (Phi) is 5.57. The molecule has 3 rings (SSSR count). The number of sulfonamides is 1. The number of hydrogen-bond acceptors (Lipinski definition) is 2. The Morgan fingerprint density at radius 3 is 2.08 bits per heavy atom. The van der Waals surface area contributed by atoms with E-state index in [1.165, 1.54) is 29.7 Å². The van der Waals surface area contributed by atoms with E-state index in [-0.39, 0.29) is 5.54 Å². The molecule has 1 saturated heterocycles. The van der Waals surface area contributed by atoms with Crippen LogP contribution in [0.5, 0.6) is 0 Å². The Bertz CT molecular complexity index is 772. The fourth-order valence-corrected chi connectivity index (χ4v) is 4.85. The van der Waals surface area contributed by atoms with Crippen molar-refractivity contribution in [3.05, 3.63) is 66.2 Å². The van der Waals surface area contributed by atoms with Gasteiger partial charge in [0.2, 0.25) is 10.0 Å². The van der Waals surface area contributed by atoms with E-state index in [2.05, 4.69) is 23.8 Å². The third-order valence-electron chi connectivity index (χ3n) is 5.32. The lowest BCUT2D eigenvalue weighted by Gasteiger charge is -2.40. The number of rotatable bonds is 6. The fourth-order valence-electron chi connectivity index (χ4n) is 3.69. The van der Waals surface area contributed by atoms with E-state index in [1.807, 2.05) is 24.3 Å². The smallest absolute Gasteiger partial charge is 0.240 e. The second-order valence-corrected chi connectivity index (χ2v) is 8.77. The summed E-state index contributed by atoms with van der Waals surface area (Å²) in [6.45, 7) is 4.73. The Hall–Kier alpha value is -1.69. The van der Waals surface area contributed by atoms with Gasteiger partial charge in [0, 0.05) is 5.56 Å². The van der Waals surface area contributed by atoms with Crippen LogP contribution in [0.4, 0.5) is 0 Å². The Balaban J connectivity index is 1.85. The highest BCUT2D eigenvalue weighted by atomic mass is 32.2. The van der Waals surface area contributed by atoms with Gasteiger partial charge in [-0.25, -0.2) is 13.1 Å². The third-order valence-corrected chi connectivity index (χ3v) is 6.73. The SMILES string of the molecule is C[C@@](CNS(=O)(=O)c1ccccc1)(c1ccccc1)[NH+]1CCCCC1. The Morgan fingerprint density at radius 1 is 0.920 bits per heavy atom. The number of piperidine rings is 1. The molecule has 1 atom stereocenters. The van der Waals surface area contributed by atoms with E-state index in [0.29, 0.717) is 11.4 Å². The van der Waals surface area contributed by atoms with Gasteiger partial charge in [0.25, 0.3) is 0 Å². The maximum Gasteiger partial charge on any atom is 0.240 e. The molecule has 2 aromatic carbocycles. The summed E-state index contributed by atoms with van der Waals surface area (Å²) in [5.74, 6) is 0. The van der Waals surface area contributed by atoms with Gasteiger partial charge >= 0.3 is 0 Å². The van der Waals surface area contributed by atoms with Crippen molar-refractivity contribution >= 4 is 10.0 Å². The molecule has 0 radical (unpaired) electrons. The summed E-state index contributed by atoms with van der Waals surface area (Å²) >= 11 is 0. The van der Waals surface area contributed by atoms with Gasteiger partial charge in [-0.05, 0) is 38.3 Å². The first-order chi connectivity index (χ1) is 12.0. The van der Waals surface area contributed by atoms with Crippen LogP contribution in [0.15, 0.2) is 65.6 Å². The molecule has 1 aliphatic heterocycles. The molecule has 1 aliphatic rings. The molecular formula is C20H27N2O2S+. The number of nitrogens with one attached hydrogen (secondary N) is 2. The van der Waals surface area contributed by atoms with Crippen molar-refractivity contribution in [2.24, 2.45) is 0 Å². The first-order valence-corrected chi connectivity index (χ1v) is 10.5. The Labute approximate surface area is 150 Å². The lowest BCUT2D eigenvalue weighted by atomic mass is 9.88. The van der Waals surface area contributed by atoms with Gasteiger partial charge in [-0.1, -0.05) is 48.5 Å². The first-order valence-electron chi connectivity index (χ1n) is 8.98. The molecule has 5 heteroatoms. The largest absolute Gasteiger partial charge is 0.325 e. The summed E-state index contributed by atoms with van der Waals surface area (Å²) in [4.78, 5) is 1.78. The molecule has 1 heterocycles. The van der Waals surface area contributed by atoms with E-state index in [0.717, 1.165) is 13.1 Å². The molecule has 1 fully saturated rings. The zero-order chi connectivity index (χ0) is 17.8. The van der Waals surface area contributed by atoms with E-state index >= 15 is 0 Å². The van der Waals surface area contributed by atoms with Crippen LogP contribution in [-0.2, 0) is 15.6 Å². The molecule has 0 saturated carbocycles. The van der Waals surface area contributed by atoms with E-state index in [9.17, 15) is 8.42 Å². The topological polar surface area (TPSA) is 50.6 Å². The second kappa shape index (κ2) is 7.68. The van der Waals surface area contributed by atoms with E-state index in [4.69, 9.17) is 0 Å². The van der Waals surface area contributed by atoms with Crippen LogP contribution in [0.2, 0.25) is 0 Å². The first kappa shape index (κ1) is 18.1. The summed E-state index contributed by atoms with van der Waals surface area (Å²) in [6.07, 6.45) is 3.66. The molecule has 134 valence electrons. The van der Waals surface area contributed by atoms with Crippen LogP contribution in [0, 0.1) is 0 Å². The van der Waals surface area contributed by atoms with Gasteiger partial charge in [-0.3, -0.25) is 0 Å². The predicted molar refractivity (Wildman–Crippen MR) is 100.0 cm³/mol. The predicted octanol–water partition coefficient (Wildman–Crippen LogP) is 1.95. The minimum atomic E-state index is -3.50. The van der Waals surface area contributed by atoms with Gasteiger partial charge in [0.1, 0.15) is 5.54 Å². The van der Waals surface area contributed by atoms with Crippen molar-refractivity contribution in [2.75, 3.05) is 19.6 Å². The Morgan fingerprint density at radius 2 is 1.48 bits per heavy atom. The standard InChI is InChI=1S/C20H26N2O2S/c1-20(18-11-5-2-6-12-18,22-15-9-4-10-16-22)17-21-25(23,24)19-13-7-3-8-14-19/h2-3,5-8,11-14,21H,4,9-10,15-17H2,1H3/p+1/t20-/m1/s1. The zero-order valence-corrected chi connectivity index (χ0v) is 15.6. The van der Waals surface area contributed by atoms with Crippen LogP contribution >= 0.6 is 0 Å². The van der Waals surface area contributed by atoms with Crippen LogP contribution in [0.25, 0.3) is 0 Å². The molecule has 0 unspecified atom stereocenters. The molecule has 0 aliphatic carbocycles. The average Bonchev–Trinajstić information content (AvgIpc) is 2.68. The molecule has 0 amide bonds. The molecular weight excluding hydrogens is 332 g/mol. The van der Waals surface area contributed by atoms with E-state index < -0.39 is 10.0 Å². The van der Waals surface area contributed by atoms with Crippen molar-refractivity contribution in [3.8, 4) is 0 Å².